The van der Waals surface area contributed by atoms with Crippen molar-refractivity contribution >= 4 is 16.5 Å². The van der Waals surface area contributed by atoms with Crippen molar-refractivity contribution in [2.45, 2.75) is 19.8 Å². The minimum Gasteiger partial charge on any atom is -0.354 e. The molecule has 70 valence electrons. The largest absolute Gasteiger partial charge is 0.354 e. The van der Waals surface area contributed by atoms with Gasteiger partial charge in [0.1, 0.15) is 0 Å². The molecule has 0 bridgehead atoms. The van der Waals surface area contributed by atoms with Crippen molar-refractivity contribution in [1.82, 2.24) is 4.98 Å². The molecule has 1 atom stereocenters. The van der Waals surface area contributed by atoms with Gasteiger partial charge in [-0.1, -0.05) is 0 Å². The summed E-state index contributed by atoms with van der Waals surface area (Å²) in [5, 5.41) is 9.74. The van der Waals surface area contributed by atoms with Gasteiger partial charge in [0.25, 0.3) is 0 Å². The Morgan fingerprint density at radius 2 is 2.15 bits per heavy atom. The summed E-state index contributed by atoms with van der Waals surface area (Å²) < 4.78 is 0. The molecule has 1 rings (SSSR count). The molecule has 0 saturated carbocycles. The third kappa shape index (κ3) is 1.99. The molecular formula is C9H13N3S. The first-order valence-corrected chi connectivity index (χ1v) is 4.92. The number of aromatic nitrogens is 1. The van der Waals surface area contributed by atoms with Gasteiger partial charge in [-0.3, -0.25) is 0 Å². The molecule has 0 aromatic carbocycles. The zero-order valence-electron chi connectivity index (χ0n) is 8.33. The molecule has 0 amide bonds. The summed E-state index contributed by atoms with van der Waals surface area (Å²) in [6, 6.07) is 2.23. The van der Waals surface area contributed by atoms with Crippen molar-refractivity contribution in [2.24, 2.45) is 0 Å². The Balaban J connectivity index is 3.04. The van der Waals surface area contributed by atoms with Crippen LogP contribution in [0.4, 0.5) is 5.13 Å². The molecule has 0 aliphatic carbocycles. The quantitative estimate of drug-likeness (QED) is 0.726. The molecule has 0 aliphatic rings. The number of thiazole rings is 1. The van der Waals surface area contributed by atoms with Gasteiger partial charge in [0.2, 0.25) is 0 Å². The first-order chi connectivity index (χ1) is 6.06. The van der Waals surface area contributed by atoms with Crippen LogP contribution in [0.3, 0.4) is 0 Å². The minimum absolute atomic E-state index is 0.0498. The van der Waals surface area contributed by atoms with E-state index in [4.69, 9.17) is 5.26 Å². The fourth-order valence-corrected chi connectivity index (χ4v) is 2.03. The Bertz CT molecular complexity index is 335. The maximum Gasteiger partial charge on any atom is 0.185 e. The van der Waals surface area contributed by atoms with Gasteiger partial charge in [0.15, 0.2) is 5.13 Å². The van der Waals surface area contributed by atoms with E-state index in [1.165, 1.54) is 0 Å². The summed E-state index contributed by atoms with van der Waals surface area (Å²) in [4.78, 5) is 7.41. The van der Waals surface area contributed by atoms with Crippen LogP contribution in [0.1, 0.15) is 23.4 Å². The smallest absolute Gasteiger partial charge is 0.185 e. The van der Waals surface area contributed by atoms with Gasteiger partial charge < -0.3 is 4.90 Å². The number of rotatable bonds is 2. The van der Waals surface area contributed by atoms with Crippen molar-refractivity contribution in [2.75, 3.05) is 19.0 Å². The molecule has 3 nitrogen and oxygen atoms in total. The van der Waals surface area contributed by atoms with E-state index in [0.717, 1.165) is 15.7 Å². The average molecular weight is 195 g/mol. The molecule has 0 radical (unpaired) electrons. The molecule has 13 heavy (non-hydrogen) atoms. The predicted molar refractivity (Wildman–Crippen MR) is 55.2 cm³/mol. The van der Waals surface area contributed by atoms with E-state index in [1.807, 2.05) is 32.8 Å². The molecular weight excluding hydrogens is 182 g/mol. The Hall–Kier alpha value is -1.08. The van der Waals surface area contributed by atoms with Crippen molar-refractivity contribution < 1.29 is 0 Å². The summed E-state index contributed by atoms with van der Waals surface area (Å²) in [7, 11) is 3.91. The van der Waals surface area contributed by atoms with Crippen LogP contribution in [0.5, 0.6) is 0 Å². The molecule has 1 aromatic heterocycles. The molecule has 0 saturated heterocycles. The van der Waals surface area contributed by atoms with Crippen LogP contribution in [0.15, 0.2) is 0 Å². The highest BCUT2D eigenvalue weighted by atomic mass is 32.1. The maximum absolute atomic E-state index is 8.78. The number of hydrogen-bond donors (Lipinski definition) is 0. The van der Waals surface area contributed by atoms with Crippen LogP contribution < -0.4 is 4.90 Å². The maximum atomic E-state index is 8.78. The lowest BCUT2D eigenvalue weighted by Gasteiger charge is -2.05. The van der Waals surface area contributed by atoms with Gasteiger partial charge in [-0.15, -0.1) is 11.3 Å². The number of aryl methyl sites for hydroxylation is 1. The molecule has 1 aromatic rings. The summed E-state index contributed by atoms with van der Waals surface area (Å²) in [6.45, 7) is 3.85. The van der Waals surface area contributed by atoms with Crippen LogP contribution in [0, 0.1) is 18.3 Å². The minimum atomic E-state index is -0.0498. The lowest BCUT2D eigenvalue weighted by atomic mass is 10.1. The van der Waals surface area contributed by atoms with Crippen LogP contribution >= 0.6 is 11.3 Å². The first-order valence-electron chi connectivity index (χ1n) is 4.10. The highest BCUT2D eigenvalue weighted by Gasteiger charge is 2.14. The number of nitriles is 1. The van der Waals surface area contributed by atoms with E-state index >= 15 is 0 Å². The Labute approximate surface area is 82.6 Å². The van der Waals surface area contributed by atoms with Gasteiger partial charge in [0.05, 0.1) is 17.7 Å². The van der Waals surface area contributed by atoms with E-state index in [0.29, 0.717) is 0 Å². The van der Waals surface area contributed by atoms with E-state index in [1.54, 1.807) is 11.3 Å². The van der Waals surface area contributed by atoms with Crippen molar-refractivity contribution in [3.05, 3.63) is 10.6 Å². The summed E-state index contributed by atoms with van der Waals surface area (Å²) in [5.74, 6) is -0.0498. The van der Waals surface area contributed by atoms with Gasteiger partial charge in [-0.25, -0.2) is 4.98 Å². The highest BCUT2D eigenvalue weighted by molar-refractivity contribution is 7.15. The first kappa shape index (κ1) is 10.0. The Morgan fingerprint density at radius 1 is 1.54 bits per heavy atom. The molecule has 1 heterocycles. The van der Waals surface area contributed by atoms with Crippen LogP contribution in [-0.4, -0.2) is 19.1 Å². The number of nitrogens with zero attached hydrogens (tertiary/aromatic N) is 3. The van der Waals surface area contributed by atoms with E-state index in [-0.39, 0.29) is 5.92 Å². The predicted octanol–water partition coefficient (Wildman–Crippen LogP) is 2.14. The lowest BCUT2D eigenvalue weighted by molar-refractivity contribution is 0.979. The van der Waals surface area contributed by atoms with E-state index in [2.05, 4.69) is 11.1 Å². The van der Waals surface area contributed by atoms with Gasteiger partial charge >= 0.3 is 0 Å². The topological polar surface area (TPSA) is 39.9 Å². The second-order valence-electron chi connectivity index (χ2n) is 3.19. The second kappa shape index (κ2) is 3.75. The zero-order valence-corrected chi connectivity index (χ0v) is 9.14. The number of anilines is 1. The normalized spacial score (nSPS) is 12.2. The van der Waals surface area contributed by atoms with Crippen LogP contribution in [0.2, 0.25) is 0 Å². The van der Waals surface area contributed by atoms with Crippen molar-refractivity contribution in [3.63, 3.8) is 0 Å². The van der Waals surface area contributed by atoms with Crippen molar-refractivity contribution in [3.8, 4) is 6.07 Å². The second-order valence-corrected chi connectivity index (χ2v) is 4.20. The van der Waals surface area contributed by atoms with Gasteiger partial charge in [-0.2, -0.15) is 5.26 Å². The average Bonchev–Trinajstić information content (AvgIpc) is 2.46. The molecule has 0 N–H and O–H groups in total. The van der Waals surface area contributed by atoms with Crippen LogP contribution in [-0.2, 0) is 0 Å². The third-order valence-corrected chi connectivity index (χ3v) is 3.30. The fraction of sp³-hybridized carbons (Fsp3) is 0.556. The lowest BCUT2D eigenvalue weighted by Crippen LogP contribution is -2.07. The Morgan fingerprint density at radius 3 is 2.54 bits per heavy atom. The molecule has 0 aliphatic heterocycles. The summed E-state index contributed by atoms with van der Waals surface area (Å²) in [6.07, 6.45) is 0. The van der Waals surface area contributed by atoms with E-state index < -0.39 is 0 Å². The van der Waals surface area contributed by atoms with Gasteiger partial charge in [0, 0.05) is 19.0 Å². The Kier molecular flexibility index (Phi) is 2.89. The summed E-state index contributed by atoms with van der Waals surface area (Å²) in [5.41, 5.74) is 0.975. The molecule has 0 fully saturated rings. The summed E-state index contributed by atoms with van der Waals surface area (Å²) >= 11 is 1.59. The van der Waals surface area contributed by atoms with Crippen molar-refractivity contribution in [1.29, 1.82) is 5.26 Å². The molecule has 1 unspecified atom stereocenters. The molecule has 4 heteroatoms. The third-order valence-electron chi connectivity index (χ3n) is 1.79. The standard InChI is InChI=1S/C9H13N3S/c1-6(5-10)8-7(2)11-9(13-8)12(3)4/h6H,1-4H3. The van der Waals surface area contributed by atoms with Crippen LogP contribution in [0.25, 0.3) is 0 Å². The number of hydrogen-bond acceptors (Lipinski definition) is 4. The van der Waals surface area contributed by atoms with Gasteiger partial charge in [-0.05, 0) is 13.8 Å². The fourth-order valence-electron chi connectivity index (χ4n) is 1.05. The van der Waals surface area contributed by atoms with E-state index in [9.17, 15) is 0 Å². The zero-order chi connectivity index (χ0) is 10.0. The highest BCUT2D eigenvalue weighted by Crippen LogP contribution is 2.30. The SMILES string of the molecule is Cc1nc(N(C)C)sc1C(C)C#N. The molecule has 0 spiro atoms. The monoisotopic (exact) mass is 195 g/mol.